The van der Waals surface area contributed by atoms with Crippen molar-refractivity contribution < 1.29 is 9.53 Å². The second kappa shape index (κ2) is 4.52. The number of nitrogen functional groups attached to an aromatic ring is 1. The minimum Gasteiger partial charge on any atom is -0.465 e. The number of aromatic nitrogens is 2. The van der Waals surface area contributed by atoms with E-state index in [4.69, 9.17) is 5.73 Å². The van der Waals surface area contributed by atoms with Gasteiger partial charge >= 0.3 is 5.97 Å². The fourth-order valence-corrected chi connectivity index (χ4v) is 1.86. The van der Waals surface area contributed by atoms with Crippen molar-refractivity contribution in [1.82, 2.24) is 9.78 Å². The minimum atomic E-state index is -0.483. The van der Waals surface area contributed by atoms with Crippen LogP contribution in [0.4, 0.5) is 5.82 Å². The molecule has 0 amide bonds. The van der Waals surface area contributed by atoms with Crippen LogP contribution in [0.3, 0.4) is 0 Å². The van der Waals surface area contributed by atoms with E-state index in [0.29, 0.717) is 0 Å². The first-order valence-corrected chi connectivity index (χ1v) is 5.54. The molecule has 5 heteroatoms. The van der Waals surface area contributed by atoms with Gasteiger partial charge in [0.1, 0.15) is 11.4 Å². The van der Waals surface area contributed by atoms with Crippen LogP contribution in [0.25, 0.3) is 5.69 Å². The summed E-state index contributed by atoms with van der Waals surface area (Å²) in [5.74, 6) is -0.197. The number of ether oxygens (including phenoxy) is 1. The molecule has 1 aromatic carbocycles. The van der Waals surface area contributed by atoms with Gasteiger partial charge in [-0.25, -0.2) is 9.48 Å². The molecule has 0 aliphatic rings. The van der Waals surface area contributed by atoms with Crippen molar-refractivity contribution in [3.8, 4) is 5.69 Å². The van der Waals surface area contributed by atoms with Crippen molar-refractivity contribution in [1.29, 1.82) is 0 Å². The van der Waals surface area contributed by atoms with E-state index >= 15 is 0 Å². The second-order valence-corrected chi connectivity index (χ2v) is 4.14. The Morgan fingerprint density at radius 1 is 1.39 bits per heavy atom. The molecule has 0 bridgehead atoms. The number of rotatable bonds is 2. The van der Waals surface area contributed by atoms with Crippen LogP contribution < -0.4 is 5.73 Å². The van der Waals surface area contributed by atoms with Gasteiger partial charge in [-0.05, 0) is 25.5 Å². The third kappa shape index (κ3) is 1.95. The van der Waals surface area contributed by atoms with Gasteiger partial charge < -0.3 is 10.5 Å². The molecule has 2 aromatic rings. The second-order valence-electron chi connectivity index (χ2n) is 4.14. The molecule has 0 aliphatic carbocycles. The van der Waals surface area contributed by atoms with Gasteiger partial charge in [0.15, 0.2) is 0 Å². The molecule has 0 fully saturated rings. The standard InChI is InChI=1S/C13H15N3O2/c1-8-4-5-11(9(2)6-8)16-12(14)10(7-15-16)13(17)18-3/h4-7H,14H2,1-3H3. The van der Waals surface area contributed by atoms with Crippen molar-refractivity contribution >= 4 is 11.8 Å². The number of esters is 1. The largest absolute Gasteiger partial charge is 0.465 e. The fourth-order valence-electron chi connectivity index (χ4n) is 1.86. The molecular formula is C13H15N3O2. The maximum atomic E-state index is 11.5. The molecule has 2 rings (SSSR count). The number of carbonyl (C=O) groups excluding carboxylic acids is 1. The SMILES string of the molecule is COC(=O)c1cnn(-c2ccc(C)cc2C)c1N. The number of benzene rings is 1. The normalized spacial score (nSPS) is 10.4. The van der Waals surface area contributed by atoms with E-state index in [1.54, 1.807) is 4.68 Å². The van der Waals surface area contributed by atoms with Crippen LogP contribution in [0.1, 0.15) is 21.5 Å². The average Bonchev–Trinajstić information content (AvgIpc) is 2.70. The highest BCUT2D eigenvalue weighted by atomic mass is 16.5. The third-order valence-electron chi connectivity index (χ3n) is 2.79. The van der Waals surface area contributed by atoms with Crippen LogP contribution in [0.2, 0.25) is 0 Å². The van der Waals surface area contributed by atoms with Gasteiger partial charge in [0, 0.05) is 0 Å². The molecule has 0 spiro atoms. The Bertz CT molecular complexity index is 602. The molecule has 2 N–H and O–H groups in total. The van der Waals surface area contributed by atoms with Crippen molar-refractivity contribution in [3.05, 3.63) is 41.1 Å². The van der Waals surface area contributed by atoms with Gasteiger partial charge in [-0.1, -0.05) is 17.7 Å². The Morgan fingerprint density at radius 2 is 2.11 bits per heavy atom. The fraction of sp³-hybridized carbons (Fsp3) is 0.231. The first-order chi connectivity index (χ1) is 8.54. The molecule has 0 unspecified atom stereocenters. The predicted octanol–water partition coefficient (Wildman–Crippen LogP) is 1.86. The van der Waals surface area contributed by atoms with E-state index in [1.807, 2.05) is 32.0 Å². The topological polar surface area (TPSA) is 70.1 Å². The maximum absolute atomic E-state index is 11.5. The molecule has 0 saturated heterocycles. The van der Waals surface area contributed by atoms with Gasteiger partial charge in [-0.15, -0.1) is 0 Å². The highest BCUT2D eigenvalue weighted by molar-refractivity contribution is 5.94. The van der Waals surface area contributed by atoms with Crippen LogP contribution >= 0.6 is 0 Å². The van der Waals surface area contributed by atoms with E-state index < -0.39 is 5.97 Å². The number of hydrogen-bond acceptors (Lipinski definition) is 4. The Balaban J connectivity index is 2.52. The molecule has 0 radical (unpaired) electrons. The quantitative estimate of drug-likeness (QED) is 0.820. The molecule has 1 aromatic heterocycles. The van der Waals surface area contributed by atoms with E-state index in [9.17, 15) is 4.79 Å². The van der Waals surface area contributed by atoms with Gasteiger partial charge in [-0.3, -0.25) is 0 Å². The monoisotopic (exact) mass is 245 g/mol. The van der Waals surface area contributed by atoms with Crippen LogP contribution in [0.5, 0.6) is 0 Å². The first kappa shape index (κ1) is 12.2. The molecular weight excluding hydrogens is 230 g/mol. The van der Waals surface area contributed by atoms with Crippen LogP contribution in [-0.2, 0) is 4.74 Å². The third-order valence-corrected chi connectivity index (χ3v) is 2.79. The summed E-state index contributed by atoms with van der Waals surface area (Å²) in [6.45, 7) is 3.99. The average molecular weight is 245 g/mol. The minimum absolute atomic E-state index is 0.275. The Kier molecular flexibility index (Phi) is 3.06. The zero-order chi connectivity index (χ0) is 13.3. The van der Waals surface area contributed by atoms with Crippen LogP contribution in [-0.4, -0.2) is 22.9 Å². The number of hydrogen-bond donors (Lipinski definition) is 1. The van der Waals surface area contributed by atoms with Crippen molar-refractivity contribution in [3.63, 3.8) is 0 Å². The Morgan fingerprint density at radius 3 is 2.72 bits per heavy atom. The lowest BCUT2D eigenvalue weighted by molar-refractivity contribution is 0.0602. The van der Waals surface area contributed by atoms with Crippen molar-refractivity contribution in [2.45, 2.75) is 13.8 Å². The lowest BCUT2D eigenvalue weighted by Crippen LogP contribution is -2.08. The molecule has 0 saturated carbocycles. The van der Waals surface area contributed by atoms with E-state index in [0.717, 1.165) is 16.8 Å². The number of anilines is 1. The number of carbonyl (C=O) groups is 1. The highest BCUT2D eigenvalue weighted by Crippen LogP contribution is 2.21. The summed E-state index contributed by atoms with van der Waals surface area (Å²) in [4.78, 5) is 11.5. The van der Waals surface area contributed by atoms with Gasteiger partial charge in [0.2, 0.25) is 0 Å². The van der Waals surface area contributed by atoms with Crippen molar-refractivity contribution in [2.24, 2.45) is 0 Å². The molecule has 5 nitrogen and oxygen atoms in total. The Hall–Kier alpha value is -2.30. The first-order valence-electron chi connectivity index (χ1n) is 5.54. The summed E-state index contributed by atoms with van der Waals surface area (Å²) >= 11 is 0. The van der Waals surface area contributed by atoms with E-state index in [2.05, 4.69) is 9.84 Å². The molecule has 18 heavy (non-hydrogen) atoms. The number of nitrogens with zero attached hydrogens (tertiary/aromatic N) is 2. The number of methoxy groups -OCH3 is 1. The summed E-state index contributed by atoms with van der Waals surface area (Å²) in [6.07, 6.45) is 1.42. The molecule has 94 valence electrons. The van der Waals surface area contributed by atoms with Crippen molar-refractivity contribution in [2.75, 3.05) is 12.8 Å². The lowest BCUT2D eigenvalue weighted by atomic mass is 10.1. The summed E-state index contributed by atoms with van der Waals surface area (Å²) in [5.41, 5.74) is 9.25. The number of nitrogens with two attached hydrogens (primary N) is 1. The van der Waals surface area contributed by atoms with E-state index in [-0.39, 0.29) is 11.4 Å². The zero-order valence-corrected chi connectivity index (χ0v) is 10.6. The zero-order valence-electron chi connectivity index (χ0n) is 10.6. The number of aryl methyl sites for hydroxylation is 2. The summed E-state index contributed by atoms with van der Waals surface area (Å²) in [5, 5.41) is 4.14. The molecule has 0 aliphatic heterocycles. The highest BCUT2D eigenvalue weighted by Gasteiger charge is 2.17. The summed E-state index contributed by atoms with van der Waals surface area (Å²) in [7, 11) is 1.32. The predicted molar refractivity (Wildman–Crippen MR) is 68.8 cm³/mol. The van der Waals surface area contributed by atoms with Gasteiger partial charge in [0.25, 0.3) is 0 Å². The summed E-state index contributed by atoms with van der Waals surface area (Å²) in [6, 6.07) is 5.94. The maximum Gasteiger partial charge on any atom is 0.343 e. The van der Waals surface area contributed by atoms with E-state index in [1.165, 1.54) is 13.3 Å². The van der Waals surface area contributed by atoms with Gasteiger partial charge in [0.05, 0.1) is 19.0 Å². The van der Waals surface area contributed by atoms with Crippen LogP contribution in [0, 0.1) is 13.8 Å². The lowest BCUT2D eigenvalue weighted by Gasteiger charge is -2.09. The molecule has 1 heterocycles. The Labute approximate surface area is 105 Å². The summed E-state index contributed by atoms with van der Waals surface area (Å²) < 4.78 is 6.19. The van der Waals surface area contributed by atoms with Gasteiger partial charge in [-0.2, -0.15) is 5.10 Å². The van der Waals surface area contributed by atoms with Crippen LogP contribution in [0.15, 0.2) is 24.4 Å². The molecule has 0 atom stereocenters. The smallest absolute Gasteiger partial charge is 0.343 e.